The molecule has 0 radical (unpaired) electrons. The third-order valence-corrected chi connectivity index (χ3v) is 1.94. The van der Waals surface area contributed by atoms with Crippen LogP contribution in [-0.4, -0.2) is 15.9 Å². The second-order valence-electron chi connectivity index (χ2n) is 3.26. The number of rotatable bonds is 4. The van der Waals surface area contributed by atoms with Gasteiger partial charge >= 0.3 is 0 Å². The summed E-state index contributed by atoms with van der Waals surface area (Å²) in [5.74, 6) is -0.464. The van der Waals surface area contributed by atoms with Gasteiger partial charge in [-0.2, -0.15) is 0 Å². The molecule has 1 aromatic carbocycles. The van der Waals surface area contributed by atoms with E-state index in [0.29, 0.717) is 12.8 Å². The number of aromatic hydroxyl groups is 1. The van der Waals surface area contributed by atoms with E-state index in [4.69, 9.17) is 0 Å². The number of anilines is 1. The summed E-state index contributed by atoms with van der Waals surface area (Å²) in [5, 5.41) is 22.3. The highest BCUT2D eigenvalue weighted by Gasteiger charge is 2.11. The molecule has 0 fully saturated rings. The van der Waals surface area contributed by atoms with Crippen LogP contribution in [0.25, 0.3) is 0 Å². The molecule has 0 aromatic heterocycles. The topological polar surface area (TPSA) is 92.5 Å². The molecule has 1 amide bonds. The Hall–Kier alpha value is -2.11. The fraction of sp³-hybridized carbons (Fsp3) is 0.300. The lowest BCUT2D eigenvalue weighted by molar-refractivity contribution is -0.384. The maximum absolute atomic E-state index is 11.3. The van der Waals surface area contributed by atoms with Crippen molar-refractivity contribution in [3.63, 3.8) is 0 Å². The van der Waals surface area contributed by atoms with Crippen molar-refractivity contribution >= 4 is 17.3 Å². The van der Waals surface area contributed by atoms with Crippen molar-refractivity contribution in [2.75, 3.05) is 5.32 Å². The Morgan fingerprint density at radius 1 is 1.56 bits per heavy atom. The lowest BCUT2D eigenvalue weighted by Gasteiger charge is -2.06. The normalized spacial score (nSPS) is 9.81. The highest BCUT2D eigenvalue weighted by Crippen LogP contribution is 2.27. The molecule has 6 heteroatoms. The number of phenols is 1. The van der Waals surface area contributed by atoms with Crippen molar-refractivity contribution in [3.8, 4) is 5.75 Å². The Balaban J connectivity index is 2.90. The second kappa shape index (κ2) is 5.11. The molecule has 6 nitrogen and oxygen atoms in total. The first-order valence-corrected chi connectivity index (χ1v) is 4.82. The SMILES string of the molecule is CCCC(=O)Nc1cc([N+](=O)[O-])ccc1O. The van der Waals surface area contributed by atoms with Gasteiger partial charge in [0.25, 0.3) is 5.69 Å². The minimum absolute atomic E-state index is 0.0626. The zero-order valence-corrected chi connectivity index (χ0v) is 8.77. The summed E-state index contributed by atoms with van der Waals surface area (Å²) in [7, 11) is 0. The van der Waals surface area contributed by atoms with E-state index < -0.39 is 4.92 Å². The van der Waals surface area contributed by atoms with E-state index in [1.54, 1.807) is 0 Å². The highest BCUT2D eigenvalue weighted by atomic mass is 16.6. The monoisotopic (exact) mass is 224 g/mol. The number of hydrogen-bond acceptors (Lipinski definition) is 4. The number of nitro benzene ring substituents is 1. The van der Waals surface area contributed by atoms with Crippen LogP contribution in [0.15, 0.2) is 18.2 Å². The summed E-state index contributed by atoms with van der Waals surface area (Å²) in [5.41, 5.74) is -0.114. The molecule has 86 valence electrons. The van der Waals surface area contributed by atoms with Crippen LogP contribution in [0.1, 0.15) is 19.8 Å². The summed E-state index contributed by atoms with van der Waals surface area (Å²) in [6.07, 6.45) is 0.976. The fourth-order valence-corrected chi connectivity index (χ4v) is 1.18. The summed E-state index contributed by atoms with van der Waals surface area (Å²) in [4.78, 5) is 21.2. The predicted molar refractivity (Wildman–Crippen MR) is 58.3 cm³/mol. The Kier molecular flexibility index (Phi) is 3.82. The zero-order chi connectivity index (χ0) is 12.1. The Morgan fingerprint density at radius 3 is 2.81 bits per heavy atom. The van der Waals surface area contributed by atoms with Gasteiger partial charge in [0, 0.05) is 18.6 Å². The van der Waals surface area contributed by atoms with Crippen molar-refractivity contribution in [2.45, 2.75) is 19.8 Å². The molecule has 0 aliphatic heterocycles. The van der Waals surface area contributed by atoms with E-state index in [-0.39, 0.29) is 23.0 Å². The molecule has 0 saturated heterocycles. The van der Waals surface area contributed by atoms with Crippen LogP contribution >= 0.6 is 0 Å². The Morgan fingerprint density at radius 2 is 2.25 bits per heavy atom. The average molecular weight is 224 g/mol. The summed E-state index contributed by atoms with van der Waals surface area (Å²) in [6.45, 7) is 1.84. The number of carbonyl (C=O) groups is 1. The van der Waals surface area contributed by atoms with Gasteiger partial charge in [0.2, 0.25) is 5.91 Å². The molecular formula is C10H12N2O4. The number of nitrogens with zero attached hydrogens (tertiary/aromatic N) is 1. The zero-order valence-electron chi connectivity index (χ0n) is 8.77. The Labute approximate surface area is 92.0 Å². The van der Waals surface area contributed by atoms with Crippen LogP contribution in [0.2, 0.25) is 0 Å². The number of nitrogens with one attached hydrogen (secondary N) is 1. The van der Waals surface area contributed by atoms with Gasteiger partial charge in [0.1, 0.15) is 5.75 Å². The van der Waals surface area contributed by atoms with Gasteiger partial charge in [-0.1, -0.05) is 6.92 Å². The summed E-state index contributed by atoms with van der Waals surface area (Å²) < 4.78 is 0. The highest BCUT2D eigenvalue weighted by molar-refractivity contribution is 5.92. The molecule has 2 N–H and O–H groups in total. The molecule has 1 rings (SSSR count). The van der Waals surface area contributed by atoms with Crippen LogP contribution in [0.4, 0.5) is 11.4 Å². The number of amides is 1. The molecule has 1 aromatic rings. The molecule has 0 unspecified atom stereocenters. The quantitative estimate of drug-likeness (QED) is 0.465. The number of nitro groups is 1. The van der Waals surface area contributed by atoms with Crippen LogP contribution in [0.5, 0.6) is 5.75 Å². The van der Waals surface area contributed by atoms with E-state index in [2.05, 4.69) is 5.32 Å². The standard InChI is InChI=1S/C10H12N2O4/c1-2-3-10(14)11-8-6-7(12(15)16)4-5-9(8)13/h4-6,13H,2-3H2,1H3,(H,11,14). The van der Waals surface area contributed by atoms with E-state index in [9.17, 15) is 20.0 Å². The molecule has 16 heavy (non-hydrogen) atoms. The van der Waals surface area contributed by atoms with Gasteiger partial charge < -0.3 is 10.4 Å². The van der Waals surface area contributed by atoms with Crippen LogP contribution in [0, 0.1) is 10.1 Å². The van der Waals surface area contributed by atoms with Crippen LogP contribution in [-0.2, 0) is 4.79 Å². The first-order chi connectivity index (χ1) is 7.54. The van der Waals surface area contributed by atoms with Crippen molar-refractivity contribution in [1.82, 2.24) is 0 Å². The molecule has 0 spiro atoms. The van der Waals surface area contributed by atoms with E-state index in [0.717, 1.165) is 6.07 Å². The van der Waals surface area contributed by atoms with Crippen molar-refractivity contribution < 1.29 is 14.8 Å². The first-order valence-electron chi connectivity index (χ1n) is 4.82. The van der Waals surface area contributed by atoms with Gasteiger partial charge in [0.05, 0.1) is 10.6 Å². The third kappa shape index (κ3) is 2.94. The molecular weight excluding hydrogens is 212 g/mol. The van der Waals surface area contributed by atoms with Gasteiger partial charge in [-0.25, -0.2) is 0 Å². The van der Waals surface area contributed by atoms with Crippen LogP contribution in [0.3, 0.4) is 0 Å². The molecule has 0 atom stereocenters. The maximum Gasteiger partial charge on any atom is 0.271 e. The largest absolute Gasteiger partial charge is 0.506 e. The van der Waals surface area contributed by atoms with Gasteiger partial charge in [0.15, 0.2) is 0 Å². The number of phenolic OH excluding ortho intramolecular Hbond substituents is 1. The van der Waals surface area contributed by atoms with E-state index in [1.165, 1.54) is 12.1 Å². The molecule has 0 bridgehead atoms. The average Bonchev–Trinajstić information content (AvgIpc) is 2.21. The molecule has 0 aliphatic rings. The summed E-state index contributed by atoms with van der Waals surface area (Å²) >= 11 is 0. The number of non-ortho nitro benzene ring substituents is 1. The molecule has 0 heterocycles. The predicted octanol–water partition coefficient (Wildman–Crippen LogP) is 2.04. The van der Waals surface area contributed by atoms with E-state index >= 15 is 0 Å². The van der Waals surface area contributed by atoms with Crippen LogP contribution < -0.4 is 5.32 Å². The smallest absolute Gasteiger partial charge is 0.271 e. The van der Waals surface area contributed by atoms with Crippen molar-refractivity contribution in [3.05, 3.63) is 28.3 Å². The van der Waals surface area contributed by atoms with Gasteiger partial charge in [-0.3, -0.25) is 14.9 Å². The van der Waals surface area contributed by atoms with Gasteiger partial charge in [-0.05, 0) is 12.5 Å². The number of benzene rings is 1. The Bertz CT molecular complexity index is 417. The minimum Gasteiger partial charge on any atom is -0.506 e. The van der Waals surface area contributed by atoms with E-state index in [1.807, 2.05) is 6.92 Å². The lowest BCUT2D eigenvalue weighted by Crippen LogP contribution is -2.10. The number of hydrogen-bond donors (Lipinski definition) is 2. The van der Waals surface area contributed by atoms with Crippen molar-refractivity contribution in [1.29, 1.82) is 0 Å². The maximum atomic E-state index is 11.3. The summed E-state index contributed by atoms with van der Waals surface area (Å²) in [6, 6.07) is 3.48. The molecule has 0 aliphatic carbocycles. The lowest BCUT2D eigenvalue weighted by atomic mass is 10.2. The number of carbonyl (C=O) groups excluding carboxylic acids is 1. The van der Waals surface area contributed by atoms with Crippen molar-refractivity contribution in [2.24, 2.45) is 0 Å². The van der Waals surface area contributed by atoms with Gasteiger partial charge in [-0.15, -0.1) is 0 Å². The second-order valence-corrected chi connectivity index (χ2v) is 3.26. The third-order valence-electron chi connectivity index (χ3n) is 1.94. The first kappa shape index (κ1) is 12.0. The fourth-order valence-electron chi connectivity index (χ4n) is 1.18. The molecule has 0 saturated carbocycles. The minimum atomic E-state index is -0.588.